The number of anilines is 1. The summed E-state index contributed by atoms with van der Waals surface area (Å²) in [6.07, 6.45) is -4.67. The van der Waals surface area contributed by atoms with Crippen molar-refractivity contribution < 1.29 is 26.7 Å². The maximum absolute atomic E-state index is 13.4. The predicted octanol–water partition coefficient (Wildman–Crippen LogP) is 3.46. The minimum Gasteiger partial charge on any atom is -0.436 e. The first kappa shape index (κ1) is 15.0. The lowest BCUT2D eigenvalue weighted by atomic mass is 10.2. The fourth-order valence-electron chi connectivity index (χ4n) is 1.46. The van der Waals surface area contributed by atoms with Crippen LogP contribution >= 0.6 is 0 Å². The van der Waals surface area contributed by atoms with Crippen molar-refractivity contribution in [2.45, 2.75) is 6.18 Å². The molecule has 0 atom stereocenters. The maximum Gasteiger partial charge on any atom is 0.416 e. The monoisotopic (exact) mass is 305 g/mol. The van der Waals surface area contributed by atoms with Gasteiger partial charge in [0.05, 0.1) is 5.56 Å². The number of nitrogen functional groups attached to an aromatic ring is 1. The molecule has 3 N–H and O–H groups in total. The van der Waals surface area contributed by atoms with Gasteiger partial charge in [-0.05, 0) is 18.2 Å². The number of hydrazine groups is 1. The summed E-state index contributed by atoms with van der Waals surface area (Å²) in [4.78, 5) is 3.58. The minimum atomic E-state index is -4.67. The average molecular weight is 305 g/mol. The van der Waals surface area contributed by atoms with Crippen molar-refractivity contribution in [3.8, 4) is 11.6 Å². The number of hydrogen-bond donors (Lipinski definition) is 2. The van der Waals surface area contributed by atoms with Crippen LogP contribution in [0.4, 0.5) is 27.8 Å². The SMILES string of the molecule is NNc1cc(C(F)(F)F)cc(Oc2cc(F)ccc2F)n1. The summed E-state index contributed by atoms with van der Waals surface area (Å²) in [5.74, 6) is 1.74. The largest absolute Gasteiger partial charge is 0.436 e. The van der Waals surface area contributed by atoms with Crippen molar-refractivity contribution in [3.63, 3.8) is 0 Å². The van der Waals surface area contributed by atoms with Gasteiger partial charge in [-0.25, -0.2) is 14.6 Å². The van der Waals surface area contributed by atoms with Crippen molar-refractivity contribution in [1.29, 1.82) is 0 Å². The fraction of sp³-hybridized carbons (Fsp3) is 0.0833. The van der Waals surface area contributed by atoms with E-state index in [0.717, 1.165) is 12.1 Å². The summed E-state index contributed by atoms with van der Waals surface area (Å²) < 4.78 is 69.3. The first-order valence-electron chi connectivity index (χ1n) is 5.48. The van der Waals surface area contributed by atoms with E-state index in [1.54, 1.807) is 0 Å². The molecule has 1 heterocycles. The van der Waals surface area contributed by atoms with Crippen LogP contribution in [0.5, 0.6) is 11.6 Å². The van der Waals surface area contributed by atoms with Gasteiger partial charge in [-0.2, -0.15) is 18.2 Å². The molecule has 112 valence electrons. The molecule has 0 radical (unpaired) electrons. The van der Waals surface area contributed by atoms with Gasteiger partial charge >= 0.3 is 6.18 Å². The zero-order valence-corrected chi connectivity index (χ0v) is 10.2. The van der Waals surface area contributed by atoms with Crippen LogP contribution in [0.3, 0.4) is 0 Å². The molecule has 1 aromatic carbocycles. The lowest BCUT2D eigenvalue weighted by Crippen LogP contribution is -2.12. The molecule has 9 heteroatoms. The molecule has 0 aliphatic heterocycles. The van der Waals surface area contributed by atoms with Crippen LogP contribution in [0.25, 0.3) is 0 Å². The summed E-state index contributed by atoms with van der Waals surface area (Å²) in [5, 5.41) is 0. The molecule has 0 amide bonds. The zero-order valence-electron chi connectivity index (χ0n) is 10.2. The molecule has 21 heavy (non-hydrogen) atoms. The number of hydrogen-bond acceptors (Lipinski definition) is 4. The quantitative estimate of drug-likeness (QED) is 0.518. The number of ether oxygens (including phenoxy) is 1. The van der Waals surface area contributed by atoms with E-state index in [-0.39, 0.29) is 5.82 Å². The molecule has 0 aliphatic rings. The maximum atomic E-state index is 13.4. The van der Waals surface area contributed by atoms with Gasteiger partial charge in [0.15, 0.2) is 11.6 Å². The van der Waals surface area contributed by atoms with Crippen LogP contribution in [0.2, 0.25) is 0 Å². The smallest absolute Gasteiger partial charge is 0.416 e. The second kappa shape index (κ2) is 5.52. The van der Waals surface area contributed by atoms with Crippen LogP contribution in [0.15, 0.2) is 30.3 Å². The number of nitrogens with zero attached hydrogens (tertiary/aromatic N) is 1. The van der Waals surface area contributed by atoms with Crippen molar-refractivity contribution in [1.82, 2.24) is 4.98 Å². The Kier molecular flexibility index (Phi) is 3.94. The Labute approximate surface area is 115 Å². The molecule has 1 aromatic heterocycles. The van der Waals surface area contributed by atoms with Gasteiger partial charge in [-0.15, -0.1) is 0 Å². The molecule has 2 aromatic rings. The van der Waals surface area contributed by atoms with Crippen LogP contribution in [0, 0.1) is 11.6 Å². The molecule has 0 fully saturated rings. The number of aromatic nitrogens is 1. The highest BCUT2D eigenvalue weighted by molar-refractivity contribution is 5.43. The molecule has 0 saturated heterocycles. The molecule has 2 rings (SSSR count). The third-order valence-electron chi connectivity index (χ3n) is 2.38. The normalized spacial score (nSPS) is 11.3. The van der Waals surface area contributed by atoms with Crippen molar-refractivity contribution >= 4 is 5.82 Å². The van der Waals surface area contributed by atoms with Crippen LogP contribution in [-0.4, -0.2) is 4.98 Å². The Bertz CT molecular complexity index is 660. The van der Waals surface area contributed by atoms with E-state index in [1.165, 1.54) is 0 Å². The molecule has 0 bridgehead atoms. The van der Waals surface area contributed by atoms with Gasteiger partial charge in [0.1, 0.15) is 11.6 Å². The highest BCUT2D eigenvalue weighted by atomic mass is 19.4. The minimum absolute atomic E-state index is 0.336. The molecular formula is C12H8F5N3O. The number of halogens is 5. The second-order valence-corrected chi connectivity index (χ2v) is 3.90. The van der Waals surface area contributed by atoms with Crippen molar-refractivity contribution in [2.24, 2.45) is 5.84 Å². The van der Waals surface area contributed by atoms with Gasteiger partial charge in [0, 0.05) is 12.1 Å². The van der Waals surface area contributed by atoms with Gasteiger partial charge in [-0.3, -0.25) is 0 Å². The molecule has 0 saturated carbocycles. The van der Waals surface area contributed by atoms with Crippen LogP contribution in [-0.2, 0) is 6.18 Å². The summed E-state index contributed by atoms with van der Waals surface area (Å²) in [5.41, 5.74) is 0.833. The summed E-state index contributed by atoms with van der Waals surface area (Å²) in [6, 6.07) is 3.50. The second-order valence-electron chi connectivity index (χ2n) is 3.90. The van der Waals surface area contributed by atoms with E-state index in [0.29, 0.717) is 18.2 Å². The number of nitrogens with one attached hydrogen (secondary N) is 1. The van der Waals surface area contributed by atoms with E-state index in [4.69, 9.17) is 10.6 Å². The summed E-state index contributed by atoms with van der Waals surface area (Å²) in [7, 11) is 0. The standard InChI is InChI=1S/C12H8F5N3O/c13-7-1-2-8(14)9(5-7)21-11-4-6(12(15,16)17)3-10(19-11)20-18/h1-5H,18H2,(H,19,20). The predicted molar refractivity (Wildman–Crippen MR) is 63.5 cm³/mol. The van der Waals surface area contributed by atoms with Gasteiger partial charge < -0.3 is 10.2 Å². The van der Waals surface area contributed by atoms with E-state index in [9.17, 15) is 22.0 Å². The Morgan fingerprint density at radius 3 is 2.43 bits per heavy atom. The molecule has 0 aliphatic carbocycles. The number of pyridine rings is 1. The Morgan fingerprint density at radius 1 is 1.10 bits per heavy atom. The Hall–Kier alpha value is -2.42. The third kappa shape index (κ3) is 3.57. The van der Waals surface area contributed by atoms with E-state index in [1.807, 2.05) is 5.43 Å². The van der Waals surface area contributed by atoms with Gasteiger partial charge in [0.25, 0.3) is 0 Å². The van der Waals surface area contributed by atoms with E-state index >= 15 is 0 Å². The number of benzene rings is 1. The number of alkyl halides is 3. The van der Waals surface area contributed by atoms with Gasteiger partial charge in [0.2, 0.25) is 5.88 Å². The van der Waals surface area contributed by atoms with Crippen LogP contribution < -0.4 is 16.0 Å². The summed E-state index contributed by atoms with van der Waals surface area (Å²) in [6.45, 7) is 0. The molecular weight excluding hydrogens is 297 g/mol. The summed E-state index contributed by atoms with van der Waals surface area (Å²) >= 11 is 0. The van der Waals surface area contributed by atoms with Crippen molar-refractivity contribution in [3.05, 3.63) is 47.5 Å². The fourth-order valence-corrected chi connectivity index (χ4v) is 1.46. The number of nitrogens with two attached hydrogens (primary N) is 1. The molecule has 0 unspecified atom stereocenters. The third-order valence-corrected chi connectivity index (χ3v) is 2.38. The van der Waals surface area contributed by atoms with Gasteiger partial charge in [-0.1, -0.05) is 0 Å². The molecule has 0 spiro atoms. The highest BCUT2D eigenvalue weighted by Crippen LogP contribution is 2.34. The number of rotatable bonds is 3. The van der Waals surface area contributed by atoms with Crippen LogP contribution in [0.1, 0.15) is 5.56 Å². The first-order valence-corrected chi connectivity index (χ1v) is 5.48. The highest BCUT2D eigenvalue weighted by Gasteiger charge is 2.32. The van der Waals surface area contributed by atoms with E-state index in [2.05, 4.69) is 4.98 Å². The zero-order chi connectivity index (χ0) is 15.6. The van der Waals surface area contributed by atoms with Crippen molar-refractivity contribution in [2.75, 3.05) is 5.43 Å². The lowest BCUT2D eigenvalue weighted by Gasteiger charge is -2.12. The molecule has 4 nitrogen and oxygen atoms in total. The first-order chi connectivity index (χ1) is 9.79. The topological polar surface area (TPSA) is 60.2 Å². The Balaban J connectivity index is 2.42. The Morgan fingerprint density at radius 2 is 1.81 bits per heavy atom. The van der Waals surface area contributed by atoms with E-state index < -0.39 is 35.0 Å². The lowest BCUT2D eigenvalue weighted by molar-refractivity contribution is -0.137. The average Bonchev–Trinajstić information content (AvgIpc) is 2.41.